The monoisotopic (exact) mass is 336 g/mol. The number of aryl methyl sites for hydroxylation is 1. The summed E-state index contributed by atoms with van der Waals surface area (Å²) in [5.41, 5.74) is 4.00. The molecular weight excluding hydrogens is 312 g/mol. The van der Waals surface area contributed by atoms with Gasteiger partial charge >= 0.3 is 0 Å². The maximum atomic E-state index is 6.34. The van der Waals surface area contributed by atoms with Crippen LogP contribution in [-0.4, -0.2) is 22.2 Å². The quantitative estimate of drug-likeness (QED) is 0.719. The maximum Gasteiger partial charge on any atom is 0.142 e. The summed E-state index contributed by atoms with van der Waals surface area (Å²) in [6.07, 6.45) is 2.97. The van der Waals surface area contributed by atoms with Crippen LogP contribution < -0.4 is 9.47 Å². The molecule has 4 nitrogen and oxygen atoms in total. The SMILES string of the molecule is CCCOc1cc2c(c(-c3nc4ccccc4[nH]3)c1)OC(C)(C)CC2. The fourth-order valence-corrected chi connectivity index (χ4v) is 3.29. The van der Waals surface area contributed by atoms with E-state index < -0.39 is 0 Å². The van der Waals surface area contributed by atoms with E-state index >= 15 is 0 Å². The molecule has 0 aliphatic carbocycles. The molecule has 1 aliphatic rings. The van der Waals surface area contributed by atoms with E-state index in [9.17, 15) is 0 Å². The number of nitrogens with zero attached hydrogens (tertiary/aromatic N) is 1. The van der Waals surface area contributed by atoms with Gasteiger partial charge in [-0.3, -0.25) is 0 Å². The Bertz CT molecular complexity index is 878. The van der Waals surface area contributed by atoms with E-state index in [0.717, 1.165) is 53.2 Å². The first-order chi connectivity index (χ1) is 12.1. The van der Waals surface area contributed by atoms with Gasteiger partial charge in [0.25, 0.3) is 0 Å². The molecule has 4 rings (SSSR count). The number of H-pyrrole nitrogens is 1. The van der Waals surface area contributed by atoms with Gasteiger partial charge in [0.15, 0.2) is 0 Å². The van der Waals surface area contributed by atoms with Crippen molar-refractivity contribution in [2.24, 2.45) is 0 Å². The summed E-state index contributed by atoms with van der Waals surface area (Å²) in [7, 11) is 0. The van der Waals surface area contributed by atoms with Crippen LogP contribution in [0.15, 0.2) is 36.4 Å². The third-order valence-corrected chi connectivity index (χ3v) is 4.63. The topological polar surface area (TPSA) is 47.1 Å². The molecule has 0 bridgehead atoms. The van der Waals surface area contributed by atoms with Crippen molar-refractivity contribution in [2.45, 2.75) is 45.6 Å². The highest BCUT2D eigenvalue weighted by Crippen LogP contribution is 2.42. The second-order valence-corrected chi connectivity index (χ2v) is 7.27. The van der Waals surface area contributed by atoms with Crippen LogP contribution in [0.2, 0.25) is 0 Å². The average molecular weight is 336 g/mol. The largest absolute Gasteiger partial charge is 0.494 e. The third kappa shape index (κ3) is 3.09. The predicted octanol–water partition coefficient (Wildman–Crippen LogP) is 5.12. The smallest absolute Gasteiger partial charge is 0.142 e. The Kier molecular flexibility index (Phi) is 3.91. The number of nitrogens with one attached hydrogen (secondary N) is 1. The van der Waals surface area contributed by atoms with Crippen molar-refractivity contribution in [3.8, 4) is 22.9 Å². The van der Waals surface area contributed by atoms with Crippen LogP contribution in [-0.2, 0) is 6.42 Å². The molecule has 0 spiro atoms. The van der Waals surface area contributed by atoms with Gasteiger partial charge in [0.1, 0.15) is 22.9 Å². The van der Waals surface area contributed by atoms with Gasteiger partial charge in [0.05, 0.1) is 23.2 Å². The summed E-state index contributed by atoms with van der Waals surface area (Å²) in [4.78, 5) is 8.20. The Morgan fingerprint density at radius 1 is 1.24 bits per heavy atom. The van der Waals surface area contributed by atoms with Crippen molar-refractivity contribution in [3.63, 3.8) is 0 Å². The second kappa shape index (κ2) is 6.10. The number of benzene rings is 2. The molecule has 2 aromatic carbocycles. The molecule has 0 unspecified atom stereocenters. The van der Waals surface area contributed by atoms with Crippen LogP contribution in [0.25, 0.3) is 22.4 Å². The first-order valence-electron chi connectivity index (χ1n) is 8.99. The lowest BCUT2D eigenvalue weighted by molar-refractivity contribution is 0.0852. The molecule has 1 aliphatic heterocycles. The Balaban J connectivity index is 1.86. The molecule has 130 valence electrons. The van der Waals surface area contributed by atoms with Gasteiger partial charge in [0, 0.05) is 0 Å². The molecule has 0 atom stereocenters. The Labute approximate surface area is 148 Å². The maximum absolute atomic E-state index is 6.34. The minimum Gasteiger partial charge on any atom is -0.494 e. The van der Waals surface area contributed by atoms with Gasteiger partial charge in [-0.25, -0.2) is 4.98 Å². The number of hydrogen-bond acceptors (Lipinski definition) is 3. The van der Waals surface area contributed by atoms with Crippen LogP contribution in [0.4, 0.5) is 0 Å². The summed E-state index contributed by atoms with van der Waals surface area (Å²) in [6.45, 7) is 7.11. The molecule has 1 N–H and O–H groups in total. The van der Waals surface area contributed by atoms with Gasteiger partial charge < -0.3 is 14.5 Å². The van der Waals surface area contributed by atoms with Crippen molar-refractivity contribution in [3.05, 3.63) is 42.0 Å². The zero-order valence-electron chi connectivity index (χ0n) is 15.1. The molecule has 0 saturated carbocycles. The fraction of sp³-hybridized carbons (Fsp3) is 0.381. The van der Waals surface area contributed by atoms with Gasteiger partial charge in [-0.15, -0.1) is 0 Å². The Hall–Kier alpha value is -2.49. The number of fused-ring (bicyclic) bond motifs is 2. The number of rotatable bonds is 4. The first kappa shape index (κ1) is 16.0. The van der Waals surface area contributed by atoms with Gasteiger partial charge in [0.2, 0.25) is 0 Å². The highest BCUT2D eigenvalue weighted by atomic mass is 16.5. The average Bonchev–Trinajstić information content (AvgIpc) is 3.02. The first-order valence-corrected chi connectivity index (χ1v) is 8.99. The minimum atomic E-state index is -0.167. The molecule has 3 aromatic rings. The standard InChI is InChI=1S/C21H24N2O2/c1-4-11-24-15-12-14-9-10-21(2,3)25-19(14)16(13-15)20-22-17-7-5-6-8-18(17)23-20/h5-8,12-13H,4,9-11H2,1-3H3,(H,22,23). The summed E-state index contributed by atoms with van der Waals surface area (Å²) >= 11 is 0. The van der Waals surface area contributed by atoms with Gasteiger partial charge in [-0.1, -0.05) is 19.1 Å². The number of para-hydroxylation sites is 2. The van der Waals surface area contributed by atoms with Crippen molar-refractivity contribution in [1.29, 1.82) is 0 Å². The second-order valence-electron chi connectivity index (χ2n) is 7.27. The third-order valence-electron chi connectivity index (χ3n) is 4.63. The molecular formula is C21H24N2O2. The van der Waals surface area contributed by atoms with Crippen molar-refractivity contribution in [1.82, 2.24) is 9.97 Å². The number of imidazole rings is 1. The minimum absolute atomic E-state index is 0.167. The molecule has 4 heteroatoms. The molecule has 0 amide bonds. The molecule has 0 fully saturated rings. The molecule has 2 heterocycles. The zero-order chi connectivity index (χ0) is 17.4. The molecule has 0 saturated heterocycles. The van der Waals surface area contributed by atoms with Crippen molar-refractivity contribution >= 4 is 11.0 Å². The van der Waals surface area contributed by atoms with E-state index in [-0.39, 0.29) is 5.60 Å². The van der Waals surface area contributed by atoms with Gasteiger partial charge in [-0.2, -0.15) is 0 Å². The predicted molar refractivity (Wildman–Crippen MR) is 100 cm³/mol. The van der Waals surface area contributed by atoms with Crippen LogP contribution in [0.3, 0.4) is 0 Å². The lowest BCUT2D eigenvalue weighted by Crippen LogP contribution is -2.32. The summed E-state index contributed by atoms with van der Waals surface area (Å²) < 4.78 is 12.3. The fourth-order valence-electron chi connectivity index (χ4n) is 3.29. The highest BCUT2D eigenvalue weighted by molar-refractivity contribution is 5.81. The summed E-state index contributed by atoms with van der Waals surface area (Å²) in [6, 6.07) is 12.2. The number of ether oxygens (including phenoxy) is 2. The Morgan fingerprint density at radius 3 is 2.88 bits per heavy atom. The van der Waals surface area contributed by atoms with Gasteiger partial charge in [-0.05, 0) is 62.9 Å². The molecule has 0 radical (unpaired) electrons. The van der Waals surface area contributed by atoms with Crippen LogP contribution in [0, 0.1) is 0 Å². The number of aromatic nitrogens is 2. The molecule has 25 heavy (non-hydrogen) atoms. The van der Waals surface area contributed by atoms with Crippen molar-refractivity contribution < 1.29 is 9.47 Å². The van der Waals surface area contributed by atoms with E-state index in [1.165, 1.54) is 5.56 Å². The number of hydrogen-bond donors (Lipinski definition) is 1. The molecule has 1 aromatic heterocycles. The Morgan fingerprint density at radius 2 is 2.08 bits per heavy atom. The van der Waals surface area contributed by atoms with E-state index in [4.69, 9.17) is 14.5 Å². The zero-order valence-corrected chi connectivity index (χ0v) is 15.1. The number of aromatic amines is 1. The lowest BCUT2D eigenvalue weighted by atomic mass is 9.92. The van der Waals surface area contributed by atoms with Crippen LogP contribution >= 0.6 is 0 Å². The van der Waals surface area contributed by atoms with E-state index in [1.807, 2.05) is 30.3 Å². The van der Waals surface area contributed by atoms with Crippen molar-refractivity contribution in [2.75, 3.05) is 6.61 Å². The summed E-state index contributed by atoms with van der Waals surface area (Å²) in [5.74, 6) is 2.65. The van der Waals surface area contributed by atoms with E-state index in [0.29, 0.717) is 6.61 Å². The van der Waals surface area contributed by atoms with E-state index in [2.05, 4.69) is 31.8 Å². The highest BCUT2D eigenvalue weighted by Gasteiger charge is 2.30. The summed E-state index contributed by atoms with van der Waals surface area (Å²) in [5, 5.41) is 0. The lowest BCUT2D eigenvalue weighted by Gasteiger charge is -2.34. The normalized spacial score (nSPS) is 15.6. The van der Waals surface area contributed by atoms with E-state index in [1.54, 1.807) is 0 Å². The van der Waals surface area contributed by atoms with Crippen LogP contribution in [0.1, 0.15) is 39.2 Å². The van der Waals surface area contributed by atoms with Crippen LogP contribution in [0.5, 0.6) is 11.5 Å².